The van der Waals surface area contributed by atoms with Crippen LogP contribution in [0.3, 0.4) is 0 Å². The SMILES string of the molecule is Cc1ccc([C@H](C(=O)O)N2CCOCC2)s1. The average molecular weight is 241 g/mol. The van der Waals surface area contributed by atoms with E-state index in [1.54, 1.807) is 11.3 Å². The fourth-order valence-electron chi connectivity index (χ4n) is 1.89. The lowest BCUT2D eigenvalue weighted by Crippen LogP contribution is -2.41. The Labute approximate surface area is 98.4 Å². The second-order valence-electron chi connectivity index (χ2n) is 3.84. The first-order valence-corrected chi connectivity index (χ1v) is 6.11. The molecule has 1 saturated heterocycles. The van der Waals surface area contributed by atoms with Gasteiger partial charge in [-0.3, -0.25) is 9.69 Å². The molecule has 1 aliphatic rings. The van der Waals surface area contributed by atoms with E-state index in [2.05, 4.69) is 0 Å². The molecule has 16 heavy (non-hydrogen) atoms. The molecule has 0 aliphatic carbocycles. The van der Waals surface area contributed by atoms with E-state index in [1.165, 1.54) is 0 Å². The third-order valence-corrected chi connectivity index (χ3v) is 3.73. The summed E-state index contributed by atoms with van der Waals surface area (Å²) in [5.41, 5.74) is 0. The number of carboxylic acids is 1. The number of carbonyl (C=O) groups is 1. The number of rotatable bonds is 3. The minimum absolute atomic E-state index is 0.511. The Bertz CT molecular complexity index is 371. The van der Waals surface area contributed by atoms with Crippen molar-refractivity contribution in [2.45, 2.75) is 13.0 Å². The van der Waals surface area contributed by atoms with Crippen molar-refractivity contribution in [3.8, 4) is 0 Å². The van der Waals surface area contributed by atoms with Gasteiger partial charge >= 0.3 is 5.97 Å². The molecule has 1 aliphatic heterocycles. The number of hydrogen-bond acceptors (Lipinski definition) is 4. The second kappa shape index (κ2) is 4.95. The normalized spacial score (nSPS) is 19.6. The number of aliphatic carboxylic acids is 1. The molecule has 5 heteroatoms. The Balaban J connectivity index is 2.19. The third kappa shape index (κ3) is 2.42. The predicted octanol–water partition coefficient (Wildman–Crippen LogP) is 1.51. The molecule has 0 bridgehead atoms. The van der Waals surface area contributed by atoms with Gasteiger partial charge in [0.15, 0.2) is 0 Å². The van der Waals surface area contributed by atoms with Crippen molar-refractivity contribution in [3.63, 3.8) is 0 Å². The fourth-order valence-corrected chi connectivity index (χ4v) is 2.90. The van der Waals surface area contributed by atoms with E-state index in [1.807, 2.05) is 24.0 Å². The van der Waals surface area contributed by atoms with Gasteiger partial charge in [0.25, 0.3) is 0 Å². The van der Waals surface area contributed by atoms with E-state index in [-0.39, 0.29) is 0 Å². The van der Waals surface area contributed by atoms with Gasteiger partial charge in [-0.15, -0.1) is 11.3 Å². The van der Waals surface area contributed by atoms with E-state index >= 15 is 0 Å². The smallest absolute Gasteiger partial charge is 0.326 e. The molecule has 0 aromatic carbocycles. The Morgan fingerprint density at radius 3 is 2.69 bits per heavy atom. The first-order chi connectivity index (χ1) is 7.68. The maximum Gasteiger partial charge on any atom is 0.326 e. The summed E-state index contributed by atoms with van der Waals surface area (Å²) in [5, 5.41) is 9.31. The molecular formula is C11H15NO3S. The first-order valence-electron chi connectivity index (χ1n) is 5.29. The van der Waals surface area contributed by atoms with Gasteiger partial charge in [0.05, 0.1) is 13.2 Å². The van der Waals surface area contributed by atoms with Crippen LogP contribution >= 0.6 is 11.3 Å². The zero-order chi connectivity index (χ0) is 11.5. The number of carboxylic acid groups (broad SMARTS) is 1. The molecular weight excluding hydrogens is 226 g/mol. The molecule has 1 atom stereocenters. The highest BCUT2D eigenvalue weighted by atomic mass is 32.1. The Kier molecular flexibility index (Phi) is 3.58. The summed E-state index contributed by atoms with van der Waals surface area (Å²) in [6.45, 7) is 4.61. The van der Waals surface area contributed by atoms with Gasteiger partial charge in [0.2, 0.25) is 0 Å². The third-order valence-electron chi connectivity index (χ3n) is 2.68. The number of ether oxygens (including phenoxy) is 1. The summed E-state index contributed by atoms with van der Waals surface area (Å²) in [6.07, 6.45) is 0. The van der Waals surface area contributed by atoms with Crippen LogP contribution in [0.4, 0.5) is 0 Å². The monoisotopic (exact) mass is 241 g/mol. The number of aryl methyl sites for hydroxylation is 1. The minimum atomic E-state index is -0.774. The Morgan fingerprint density at radius 1 is 1.50 bits per heavy atom. The van der Waals surface area contributed by atoms with Crippen LogP contribution in [0, 0.1) is 6.92 Å². The van der Waals surface area contributed by atoms with Crippen LogP contribution < -0.4 is 0 Å². The molecule has 4 nitrogen and oxygen atoms in total. The zero-order valence-corrected chi connectivity index (χ0v) is 10.00. The Morgan fingerprint density at radius 2 is 2.19 bits per heavy atom. The molecule has 0 spiro atoms. The lowest BCUT2D eigenvalue weighted by Gasteiger charge is -2.31. The molecule has 0 saturated carbocycles. The van der Waals surface area contributed by atoms with Crippen LogP contribution in [0.1, 0.15) is 15.8 Å². The lowest BCUT2D eigenvalue weighted by molar-refractivity contribution is -0.145. The first kappa shape index (κ1) is 11.6. The van der Waals surface area contributed by atoms with E-state index in [0.717, 1.165) is 9.75 Å². The van der Waals surface area contributed by atoms with Gasteiger partial charge in [-0.2, -0.15) is 0 Å². The van der Waals surface area contributed by atoms with Crippen molar-refractivity contribution in [2.24, 2.45) is 0 Å². The molecule has 2 rings (SSSR count). The zero-order valence-electron chi connectivity index (χ0n) is 9.18. The molecule has 88 valence electrons. The van der Waals surface area contributed by atoms with Crippen LogP contribution in [0.25, 0.3) is 0 Å². The molecule has 1 aromatic rings. The van der Waals surface area contributed by atoms with Gasteiger partial charge in [-0.05, 0) is 19.1 Å². The summed E-state index contributed by atoms with van der Waals surface area (Å²) in [4.78, 5) is 15.4. The molecule has 0 unspecified atom stereocenters. The van der Waals surface area contributed by atoms with Gasteiger partial charge in [0.1, 0.15) is 6.04 Å². The van der Waals surface area contributed by atoms with Crippen molar-refractivity contribution < 1.29 is 14.6 Å². The highest BCUT2D eigenvalue weighted by Gasteiger charge is 2.29. The lowest BCUT2D eigenvalue weighted by atomic mass is 10.2. The summed E-state index contributed by atoms with van der Waals surface area (Å²) in [5.74, 6) is -0.774. The summed E-state index contributed by atoms with van der Waals surface area (Å²) in [6, 6.07) is 3.37. The largest absolute Gasteiger partial charge is 0.480 e. The molecule has 1 N–H and O–H groups in total. The van der Waals surface area contributed by atoms with Crippen LogP contribution in [0.2, 0.25) is 0 Å². The maximum atomic E-state index is 11.3. The number of nitrogens with zero attached hydrogens (tertiary/aromatic N) is 1. The second-order valence-corrected chi connectivity index (χ2v) is 5.16. The van der Waals surface area contributed by atoms with E-state index in [0.29, 0.717) is 26.3 Å². The standard InChI is InChI=1S/C11H15NO3S/c1-8-2-3-9(16-8)10(11(13)14)12-4-6-15-7-5-12/h2-3,10H,4-7H2,1H3,(H,13,14)/t10-/m1/s1. The minimum Gasteiger partial charge on any atom is -0.480 e. The van der Waals surface area contributed by atoms with Gasteiger partial charge in [-0.25, -0.2) is 0 Å². The van der Waals surface area contributed by atoms with E-state index in [4.69, 9.17) is 4.74 Å². The topological polar surface area (TPSA) is 49.8 Å². The van der Waals surface area contributed by atoms with Gasteiger partial charge < -0.3 is 9.84 Å². The number of thiophene rings is 1. The molecule has 0 radical (unpaired) electrons. The van der Waals surface area contributed by atoms with Crippen molar-refractivity contribution in [1.82, 2.24) is 4.90 Å². The highest BCUT2D eigenvalue weighted by molar-refractivity contribution is 7.12. The van der Waals surface area contributed by atoms with E-state index < -0.39 is 12.0 Å². The summed E-state index contributed by atoms with van der Waals surface area (Å²) in [7, 11) is 0. The summed E-state index contributed by atoms with van der Waals surface area (Å²) >= 11 is 1.55. The predicted molar refractivity (Wildman–Crippen MR) is 61.8 cm³/mol. The molecule has 1 fully saturated rings. The molecule has 0 amide bonds. The van der Waals surface area contributed by atoms with Crippen molar-refractivity contribution in [2.75, 3.05) is 26.3 Å². The number of hydrogen-bond donors (Lipinski definition) is 1. The average Bonchev–Trinajstić information content (AvgIpc) is 2.66. The highest BCUT2D eigenvalue weighted by Crippen LogP contribution is 2.28. The fraction of sp³-hybridized carbons (Fsp3) is 0.545. The van der Waals surface area contributed by atoms with Crippen LogP contribution in [-0.2, 0) is 9.53 Å². The Hall–Kier alpha value is -0.910. The van der Waals surface area contributed by atoms with Crippen molar-refractivity contribution in [1.29, 1.82) is 0 Å². The van der Waals surface area contributed by atoms with Crippen LogP contribution in [0.15, 0.2) is 12.1 Å². The van der Waals surface area contributed by atoms with E-state index in [9.17, 15) is 9.90 Å². The van der Waals surface area contributed by atoms with Gasteiger partial charge in [-0.1, -0.05) is 0 Å². The quantitative estimate of drug-likeness (QED) is 0.871. The number of morpholine rings is 1. The molecule has 2 heterocycles. The van der Waals surface area contributed by atoms with Crippen molar-refractivity contribution in [3.05, 3.63) is 21.9 Å². The van der Waals surface area contributed by atoms with Crippen LogP contribution in [-0.4, -0.2) is 42.3 Å². The summed E-state index contributed by atoms with van der Waals surface area (Å²) < 4.78 is 5.24. The molecule has 1 aromatic heterocycles. The van der Waals surface area contributed by atoms with Crippen molar-refractivity contribution >= 4 is 17.3 Å². The van der Waals surface area contributed by atoms with Crippen LogP contribution in [0.5, 0.6) is 0 Å². The maximum absolute atomic E-state index is 11.3. The van der Waals surface area contributed by atoms with Gasteiger partial charge in [0, 0.05) is 22.8 Å².